The van der Waals surface area contributed by atoms with Crippen molar-refractivity contribution in [2.75, 3.05) is 6.54 Å². The Morgan fingerprint density at radius 2 is 2.09 bits per heavy atom. The maximum Gasteiger partial charge on any atom is 0.342 e. The Morgan fingerprint density at radius 3 is 2.77 bits per heavy atom. The first-order valence-corrected chi connectivity index (χ1v) is 7.54. The van der Waals surface area contributed by atoms with Gasteiger partial charge in [0.15, 0.2) is 0 Å². The number of hydrogen-bond donors (Lipinski definition) is 2. The minimum Gasteiger partial charge on any atom is -0.332 e. The molecule has 1 aliphatic heterocycles. The number of carbonyl (C=O) groups excluding carboxylic acids is 1. The Morgan fingerprint density at radius 1 is 1.27 bits per heavy atom. The molecular weight excluding hydrogens is 283 g/mol. The van der Waals surface area contributed by atoms with E-state index in [4.69, 9.17) is 0 Å². The lowest BCUT2D eigenvalue weighted by Gasteiger charge is -2.23. The van der Waals surface area contributed by atoms with E-state index < -0.39 is 0 Å². The van der Waals surface area contributed by atoms with E-state index in [2.05, 4.69) is 15.7 Å². The fourth-order valence-corrected chi connectivity index (χ4v) is 3.46. The van der Waals surface area contributed by atoms with Crippen molar-refractivity contribution in [3.05, 3.63) is 42.5 Å². The molecule has 1 saturated heterocycles. The van der Waals surface area contributed by atoms with Crippen LogP contribution in [-0.2, 0) is 0 Å². The molecule has 2 aliphatic rings. The first-order valence-electron chi connectivity index (χ1n) is 7.54. The van der Waals surface area contributed by atoms with Gasteiger partial charge in [-0.15, -0.1) is 0 Å². The van der Waals surface area contributed by atoms with E-state index in [1.807, 2.05) is 0 Å². The lowest BCUT2D eigenvalue weighted by Crippen LogP contribution is -2.49. The van der Waals surface area contributed by atoms with Crippen LogP contribution >= 0.6 is 0 Å². The number of hydrogen-bond acceptors (Lipinski definition) is 3. The number of benzene rings is 1. The van der Waals surface area contributed by atoms with Gasteiger partial charge in [0, 0.05) is 23.8 Å². The summed E-state index contributed by atoms with van der Waals surface area (Å²) < 4.78 is 14.3. The molecule has 114 valence electrons. The largest absolute Gasteiger partial charge is 0.342 e. The molecule has 6 heteroatoms. The van der Waals surface area contributed by atoms with Crippen LogP contribution in [0.2, 0.25) is 0 Å². The standard InChI is InChI=1S/C16H17FN4O/c17-13-3-1-11(2-4-13)12-8-19-21(9-12)16(22)20-15-6-10-5-14(15)18-7-10/h1-4,8-10,14-15,18H,5-7H2,(H,20,22). The average Bonchev–Trinajstić information content (AvgIpc) is 3.24. The Labute approximate surface area is 127 Å². The molecule has 1 aromatic heterocycles. The fraction of sp³-hybridized carbons (Fsp3) is 0.375. The molecule has 2 heterocycles. The number of fused-ring (bicyclic) bond motifs is 2. The number of nitrogens with one attached hydrogen (secondary N) is 2. The Kier molecular flexibility index (Phi) is 3.18. The number of rotatable bonds is 2. The third kappa shape index (κ3) is 2.39. The second kappa shape index (κ2) is 5.21. The van der Waals surface area contributed by atoms with E-state index in [-0.39, 0.29) is 17.9 Å². The highest BCUT2D eigenvalue weighted by atomic mass is 19.1. The zero-order chi connectivity index (χ0) is 15.1. The van der Waals surface area contributed by atoms with Crippen molar-refractivity contribution in [3.63, 3.8) is 0 Å². The first kappa shape index (κ1) is 13.5. The summed E-state index contributed by atoms with van der Waals surface area (Å²) in [5.41, 5.74) is 1.63. The van der Waals surface area contributed by atoms with Gasteiger partial charge in [0.25, 0.3) is 0 Å². The topological polar surface area (TPSA) is 59.0 Å². The van der Waals surface area contributed by atoms with E-state index in [1.165, 1.54) is 16.8 Å². The van der Waals surface area contributed by atoms with E-state index in [0.29, 0.717) is 12.0 Å². The molecule has 4 rings (SSSR count). The normalized spacial score (nSPS) is 26.3. The molecule has 1 amide bonds. The van der Waals surface area contributed by atoms with Gasteiger partial charge >= 0.3 is 6.03 Å². The minimum absolute atomic E-state index is 0.185. The molecule has 0 spiro atoms. The molecule has 2 fully saturated rings. The van der Waals surface area contributed by atoms with Gasteiger partial charge in [-0.3, -0.25) is 0 Å². The van der Waals surface area contributed by atoms with E-state index >= 15 is 0 Å². The lowest BCUT2D eigenvalue weighted by molar-refractivity contribution is 0.231. The first-order chi connectivity index (χ1) is 10.7. The summed E-state index contributed by atoms with van der Waals surface area (Å²) in [5, 5.41) is 10.6. The summed E-state index contributed by atoms with van der Waals surface area (Å²) in [5.74, 6) is 0.403. The monoisotopic (exact) mass is 300 g/mol. The molecule has 5 nitrogen and oxygen atoms in total. The number of carbonyl (C=O) groups is 1. The third-order valence-corrected chi connectivity index (χ3v) is 4.61. The van der Waals surface area contributed by atoms with Gasteiger partial charge in [0.1, 0.15) is 5.82 Å². The van der Waals surface area contributed by atoms with Crippen molar-refractivity contribution in [2.24, 2.45) is 5.92 Å². The van der Waals surface area contributed by atoms with Crippen LogP contribution in [0.5, 0.6) is 0 Å². The van der Waals surface area contributed by atoms with Crippen molar-refractivity contribution in [2.45, 2.75) is 24.9 Å². The van der Waals surface area contributed by atoms with Crippen molar-refractivity contribution in [3.8, 4) is 11.1 Å². The van der Waals surface area contributed by atoms with Crippen molar-refractivity contribution in [1.82, 2.24) is 20.4 Å². The number of aromatic nitrogens is 2. The van der Waals surface area contributed by atoms with E-state index in [1.54, 1.807) is 24.5 Å². The molecule has 2 N–H and O–H groups in total. The summed E-state index contributed by atoms with van der Waals surface area (Å²) in [6.07, 6.45) is 5.47. The van der Waals surface area contributed by atoms with Crippen LogP contribution in [0.1, 0.15) is 12.8 Å². The third-order valence-electron chi connectivity index (χ3n) is 4.61. The van der Waals surface area contributed by atoms with Gasteiger partial charge in [-0.1, -0.05) is 12.1 Å². The van der Waals surface area contributed by atoms with Crippen molar-refractivity contribution >= 4 is 6.03 Å². The van der Waals surface area contributed by atoms with Crippen LogP contribution in [0.3, 0.4) is 0 Å². The van der Waals surface area contributed by atoms with Gasteiger partial charge in [0.05, 0.1) is 6.20 Å². The Bertz CT molecular complexity index is 696. The van der Waals surface area contributed by atoms with Crippen LogP contribution in [0, 0.1) is 11.7 Å². The summed E-state index contributed by atoms with van der Waals surface area (Å²) in [7, 11) is 0. The predicted octanol–water partition coefficient (Wildman–Crippen LogP) is 2.00. The molecule has 3 unspecified atom stereocenters. The fourth-order valence-electron chi connectivity index (χ4n) is 3.46. The predicted molar refractivity (Wildman–Crippen MR) is 79.9 cm³/mol. The number of piperidine rings is 1. The second-order valence-electron chi connectivity index (χ2n) is 6.09. The molecule has 1 saturated carbocycles. The maximum atomic E-state index is 12.9. The van der Waals surface area contributed by atoms with Gasteiger partial charge in [-0.05, 0) is 43.0 Å². The highest BCUT2D eigenvalue weighted by Gasteiger charge is 2.40. The van der Waals surface area contributed by atoms with E-state index in [0.717, 1.165) is 30.5 Å². The second-order valence-corrected chi connectivity index (χ2v) is 6.09. The highest BCUT2D eigenvalue weighted by molar-refractivity contribution is 5.78. The van der Waals surface area contributed by atoms with Crippen LogP contribution in [0.15, 0.2) is 36.7 Å². The molecule has 1 aliphatic carbocycles. The highest BCUT2D eigenvalue weighted by Crippen LogP contribution is 2.31. The van der Waals surface area contributed by atoms with E-state index in [9.17, 15) is 9.18 Å². The zero-order valence-corrected chi connectivity index (χ0v) is 12.0. The van der Waals surface area contributed by atoms with Crippen LogP contribution in [0.25, 0.3) is 11.1 Å². The molecule has 2 aromatic rings. The van der Waals surface area contributed by atoms with Gasteiger partial charge in [0.2, 0.25) is 0 Å². The van der Waals surface area contributed by atoms with Crippen LogP contribution in [0.4, 0.5) is 9.18 Å². The number of amides is 1. The molecule has 2 bridgehead atoms. The lowest BCUT2D eigenvalue weighted by atomic mass is 10.1. The summed E-state index contributed by atoms with van der Waals surface area (Å²) in [4.78, 5) is 12.3. The summed E-state index contributed by atoms with van der Waals surface area (Å²) in [6.45, 7) is 1.06. The number of halogens is 1. The summed E-state index contributed by atoms with van der Waals surface area (Å²) >= 11 is 0. The molecule has 0 radical (unpaired) electrons. The van der Waals surface area contributed by atoms with Crippen molar-refractivity contribution in [1.29, 1.82) is 0 Å². The van der Waals surface area contributed by atoms with Gasteiger partial charge in [-0.2, -0.15) is 9.78 Å². The summed E-state index contributed by atoms with van der Waals surface area (Å²) in [6, 6.07) is 6.50. The zero-order valence-electron chi connectivity index (χ0n) is 12.0. The molecule has 1 aromatic carbocycles. The smallest absolute Gasteiger partial charge is 0.332 e. The van der Waals surface area contributed by atoms with Gasteiger partial charge < -0.3 is 10.6 Å². The Hall–Kier alpha value is -2.21. The van der Waals surface area contributed by atoms with Crippen molar-refractivity contribution < 1.29 is 9.18 Å². The molecular formula is C16H17FN4O. The Balaban J connectivity index is 1.46. The van der Waals surface area contributed by atoms with Crippen LogP contribution in [-0.4, -0.2) is 34.4 Å². The van der Waals surface area contributed by atoms with Gasteiger partial charge in [-0.25, -0.2) is 9.18 Å². The number of nitrogens with zero attached hydrogens (tertiary/aromatic N) is 2. The SMILES string of the molecule is O=C(NC1CC2CNC1C2)n1cc(-c2ccc(F)cc2)cn1. The van der Waals surface area contributed by atoms with Crippen LogP contribution < -0.4 is 10.6 Å². The molecule has 3 atom stereocenters. The minimum atomic E-state index is -0.280. The average molecular weight is 300 g/mol. The maximum absolute atomic E-state index is 12.9. The molecule has 22 heavy (non-hydrogen) atoms. The quantitative estimate of drug-likeness (QED) is 0.892.